The molecule has 0 atom stereocenters. The summed E-state index contributed by atoms with van der Waals surface area (Å²) in [7, 11) is 0. The summed E-state index contributed by atoms with van der Waals surface area (Å²) in [6, 6.07) is 11.0. The molecule has 2 N–H and O–H groups in total. The van der Waals surface area contributed by atoms with Crippen LogP contribution in [0, 0.1) is 5.92 Å². The lowest BCUT2D eigenvalue weighted by atomic mass is 9.87. The smallest absolute Gasteiger partial charge is 0.274 e. The van der Waals surface area contributed by atoms with Crippen LogP contribution in [0.15, 0.2) is 53.6 Å². The van der Waals surface area contributed by atoms with Crippen LogP contribution in [-0.2, 0) is 13.0 Å². The van der Waals surface area contributed by atoms with E-state index in [-0.39, 0.29) is 11.5 Å². The van der Waals surface area contributed by atoms with Crippen molar-refractivity contribution in [3.8, 4) is 0 Å². The highest BCUT2D eigenvalue weighted by atomic mass is 16.1. The third-order valence-electron chi connectivity index (χ3n) is 6.17. The fraction of sp³-hybridized carbons (Fsp3) is 0.333. The molecule has 1 fully saturated rings. The van der Waals surface area contributed by atoms with E-state index in [1.165, 1.54) is 32.1 Å². The van der Waals surface area contributed by atoms with E-state index in [4.69, 9.17) is 0 Å². The molecule has 3 aromatic heterocycles. The quantitative estimate of drug-likeness (QED) is 0.521. The van der Waals surface area contributed by atoms with Crippen LogP contribution in [0.1, 0.15) is 54.0 Å². The molecular formula is C24H25N5O2. The van der Waals surface area contributed by atoms with Crippen molar-refractivity contribution >= 4 is 22.5 Å². The standard InChI is InChI=1S/C24H25N5O2/c30-23(27-14-18-8-4-5-11-25-18)17-9-10-19-20(13-17)29-21(24(31)28-19)15-26-22(29)12-16-6-2-1-3-7-16/h4-5,8-11,13,15-16H,1-3,6-7,12,14H2,(H,27,30)(H,28,31). The second-order valence-electron chi connectivity index (χ2n) is 8.29. The summed E-state index contributed by atoms with van der Waals surface area (Å²) in [6.45, 7) is 0.358. The minimum Gasteiger partial charge on any atom is -0.346 e. The van der Waals surface area contributed by atoms with E-state index in [0.29, 0.717) is 29.1 Å². The maximum Gasteiger partial charge on any atom is 0.274 e. The number of H-pyrrole nitrogens is 1. The first-order chi connectivity index (χ1) is 15.2. The van der Waals surface area contributed by atoms with E-state index < -0.39 is 0 Å². The highest BCUT2D eigenvalue weighted by Crippen LogP contribution is 2.27. The predicted octanol–water partition coefficient (Wildman–Crippen LogP) is 3.62. The Balaban J connectivity index is 1.49. The number of carbonyl (C=O) groups is 1. The van der Waals surface area contributed by atoms with Gasteiger partial charge in [-0.3, -0.25) is 19.0 Å². The summed E-state index contributed by atoms with van der Waals surface area (Å²) < 4.78 is 1.93. The molecule has 0 radical (unpaired) electrons. The number of amides is 1. The van der Waals surface area contributed by atoms with E-state index in [0.717, 1.165) is 23.5 Å². The summed E-state index contributed by atoms with van der Waals surface area (Å²) in [6.07, 6.45) is 10.4. The van der Waals surface area contributed by atoms with Gasteiger partial charge in [-0.05, 0) is 36.2 Å². The lowest BCUT2D eigenvalue weighted by Crippen LogP contribution is -2.23. The van der Waals surface area contributed by atoms with Crippen molar-refractivity contribution in [3.05, 3.63) is 76.2 Å². The molecule has 7 heteroatoms. The van der Waals surface area contributed by atoms with Crippen molar-refractivity contribution in [1.29, 1.82) is 0 Å². The fourth-order valence-corrected chi connectivity index (χ4v) is 4.54. The Kier molecular flexibility index (Phi) is 5.24. The van der Waals surface area contributed by atoms with Gasteiger partial charge >= 0.3 is 0 Å². The van der Waals surface area contributed by atoms with E-state index in [2.05, 4.69) is 20.3 Å². The molecule has 31 heavy (non-hydrogen) atoms. The maximum absolute atomic E-state index is 12.8. The summed E-state index contributed by atoms with van der Waals surface area (Å²) in [5.74, 6) is 1.31. The molecule has 5 rings (SSSR count). The molecule has 0 bridgehead atoms. The van der Waals surface area contributed by atoms with Crippen LogP contribution in [0.5, 0.6) is 0 Å². The molecule has 1 aliphatic rings. The normalized spacial score (nSPS) is 14.8. The number of aromatic nitrogens is 4. The van der Waals surface area contributed by atoms with E-state index in [1.807, 2.05) is 28.7 Å². The van der Waals surface area contributed by atoms with Crippen LogP contribution in [0.25, 0.3) is 16.6 Å². The lowest BCUT2D eigenvalue weighted by molar-refractivity contribution is 0.0950. The summed E-state index contributed by atoms with van der Waals surface area (Å²) in [5, 5.41) is 2.92. The van der Waals surface area contributed by atoms with Gasteiger partial charge in [0.2, 0.25) is 0 Å². The molecule has 1 amide bonds. The zero-order valence-electron chi connectivity index (χ0n) is 17.3. The number of aromatic amines is 1. The minimum atomic E-state index is -0.180. The molecule has 1 saturated carbocycles. The van der Waals surface area contributed by atoms with Crippen molar-refractivity contribution in [2.75, 3.05) is 0 Å². The molecule has 1 aromatic carbocycles. The van der Waals surface area contributed by atoms with Crippen LogP contribution >= 0.6 is 0 Å². The molecule has 0 aliphatic heterocycles. The third kappa shape index (κ3) is 3.95. The van der Waals surface area contributed by atoms with Gasteiger partial charge < -0.3 is 10.3 Å². The van der Waals surface area contributed by atoms with Crippen molar-refractivity contribution in [2.45, 2.75) is 45.1 Å². The SMILES string of the molecule is O=C(NCc1ccccn1)c1ccc2[nH]c(=O)c3cnc(CC4CCCCC4)n3c2c1. The van der Waals surface area contributed by atoms with Gasteiger partial charge in [0.15, 0.2) is 0 Å². The van der Waals surface area contributed by atoms with Crippen molar-refractivity contribution in [1.82, 2.24) is 24.7 Å². The molecule has 158 valence electrons. The van der Waals surface area contributed by atoms with E-state index >= 15 is 0 Å². The lowest BCUT2D eigenvalue weighted by Gasteiger charge is -2.21. The first-order valence-corrected chi connectivity index (χ1v) is 10.9. The number of nitrogens with one attached hydrogen (secondary N) is 2. The Morgan fingerprint density at radius 2 is 1.97 bits per heavy atom. The summed E-state index contributed by atoms with van der Waals surface area (Å²) in [5.41, 5.74) is 3.18. The molecule has 0 spiro atoms. The van der Waals surface area contributed by atoms with Gasteiger partial charge in [-0.15, -0.1) is 0 Å². The van der Waals surface area contributed by atoms with Crippen LogP contribution in [0.2, 0.25) is 0 Å². The second-order valence-corrected chi connectivity index (χ2v) is 8.29. The fourth-order valence-electron chi connectivity index (χ4n) is 4.54. The first-order valence-electron chi connectivity index (χ1n) is 10.9. The van der Waals surface area contributed by atoms with Gasteiger partial charge in [-0.25, -0.2) is 4.98 Å². The van der Waals surface area contributed by atoms with E-state index in [1.54, 1.807) is 24.5 Å². The number of imidazole rings is 1. The molecule has 0 unspecified atom stereocenters. The minimum absolute atomic E-state index is 0.165. The van der Waals surface area contributed by atoms with Crippen LogP contribution in [-0.4, -0.2) is 25.3 Å². The maximum atomic E-state index is 12.8. The molecule has 7 nitrogen and oxygen atoms in total. The molecule has 0 saturated heterocycles. The zero-order valence-corrected chi connectivity index (χ0v) is 17.3. The Bertz CT molecular complexity index is 1290. The average molecular weight is 415 g/mol. The van der Waals surface area contributed by atoms with Gasteiger partial charge in [-0.1, -0.05) is 38.2 Å². The number of pyridine rings is 1. The molecule has 3 heterocycles. The third-order valence-corrected chi connectivity index (χ3v) is 6.17. The van der Waals surface area contributed by atoms with E-state index in [9.17, 15) is 9.59 Å². The largest absolute Gasteiger partial charge is 0.346 e. The van der Waals surface area contributed by atoms with Crippen LogP contribution < -0.4 is 10.9 Å². The molecule has 1 aliphatic carbocycles. The second kappa shape index (κ2) is 8.34. The monoisotopic (exact) mass is 415 g/mol. The van der Waals surface area contributed by atoms with Gasteiger partial charge in [0.25, 0.3) is 11.5 Å². The van der Waals surface area contributed by atoms with Gasteiger partial charge in [0, 0.05) is 18.2 Å². The van der Waals surface area contributed by atoms with Gasteiger partial charge in [-0.2, -0.15) is 0 Å². The first kappa shape index (κ1) is 19.5. The number of rotatable bonds is 5. The molecule has 4 aromatic rings. The summed E-state index contributed by atoms with van der Waals surface area (Å²) in [4.78, 5) is 37.1. The van der Waals surface area contributed by atoms with Crippen LogP contribution in [0.3, 0.4) is 0 Å². The van der Waals surface area contributed by atoms with Gasteiger partial charge in [0.05, 0.1) is 29.5 Å². The number of benzene rings is 1. The number of nitrogens with zero attached hydrogens (tertiary/aromatic N) is 3. The Labute approximate surface area is 179 Å². The van der Waals surface area contributed by atoms with Crippen molar-refractivity contribution in [3.63, 3.8) is 0 Å². The predicted molar refractivity (Wildman–Crippen MR) is 119 cm³/mol. The Morgan fingerprint density at radius 3 is 2.77 bits per heavy atom. The Morgan fingerprint density at radius 1 is 1.10 bits per heavy atom. The number of fused-ring (bicyclic) bond motifs is 3. The average Bonchev–Trinajstić information content (AvgIpc) is 3.23. The highest BCUT2D eigenvalue weighted by molar-refractivity contribution is 5.97. The number of carbonyl (C=O) groups excluding carboxylic acids is 1. The molecular weight excluding hydrogens is 390 g/mol. The number of hydrogen-bond donors (Lipinski definition) is 2. The summed E-state index contributed by atoms with van der Waals surface area (Å²) >= 11 is 0. The van der Waals surface area contributed by atoms with Gasteiger partial charge in [0.1, 0.15) is 11.3 Å². The van der Waals surface area contributed by atoms with Crippen molar-refractivity contribution < 1.29 is 4.79 Å². The van der Waals surface area contributed by atoms with Crippen molar-refractivity contribution in [2.24, 2.45) is 5.92 Å². The Hall–Kier alpha value is -3.48. The zero-order chi connectivity index (χ0) is 21.2. The van der Waals surface area contributed by atoms with Crippen LogP contribution in [0.4, 0.5) is 0 Å². The highest BCUT2D eigenvalue weighted by Gasteiger charge is 2.19. The topological polar surface area (TPSA) is 92.1 Å². The number of hydrogen-bond acceptors (Lipinski definition) is 4.